The fourth-order valence-electron chi connectivity index (χ4n) is 4.02. The molecule has 37 heavy (non-hydrogen) atoms. The van der Waals surface area contributed by atoms with Gasteiger partial charge in [0.05, 0.1) is 6.07 Å². The standard InChI is InChI=1S/C29H32N4O4/c1-19-10-13-24(20(2)16-19)26(27(35)32-23-12-11-21-8-6-7-9-22(21)17-23)33(15-14-30)25(34)18-31-28(36)37-29(3,4)5/h6-13,16-17,26H,15,18H2,1-5H3,(H,31,36)(H,32,35). The van der Waals surface area contributed by atoms with E-state index in [0.29, 0.717) is 11.3 Å². The second kappa shape index (κ2) is 11.6. The molecule has 0 fully saturated rings. The third kappa shape index (κ3) is 7.31. The number of benzene rings is 3. The summed E-state index contributed by atoms with van der Waals surface area (Å²) >= 11 is 0. The van der Waals surface area contributed by atoms with Gasteiger partial charge in [0.25, 0.3) is 5.91 Å². The van der Waals surface area contributed by atoms with Crippen LogP contribution in [0, 0.1) is 25.2 Å². The number of nitrogens with one attached hydrogen (secondary N) is 2. The van der Waals surface area contributed by atoms with Gasteiger partial charge in [0.2, 0.25) is 5.91 Å². The minimum Gasteiger partial charge on any atom is -0.444 e. The van der Waals surface area contributed by atoms with Gasteiger partial charge in [-0.1, -0.05) is 54.1 Å². The Morgan fingerprint density at radius 3 is 2.35 bits per heavy atom. The number of carbonyl (C=O) groups is 3. The van der Waals surface area contributed by atoms with Gasteiger partial charge in [0.1, 0.15) is 24.7 Å². The maximum absolute atomic E-state index is 13.7. The van der Waals surface area contributed by atoms with E-state index in [2.05, 4.69) is 10.6 Å². The van der Waals surface area contributed by atoms with Crippen molar-refractivity contribution >= 4 is 34.4 Å². The van der Waals surface area contributed by atoms with Crippen LogP contribution in [0.2, 0.25) is 0 Å². The quantitative estimate of drug-likeness (QED) is 0.443. The molecule has 1 atom stereocenters. The molecular weight excluding hydrogens is 468 g/mol. The SMILES string of the molecule is Cc1ccc(C(C(=O)Nc2ccc3ccccc3c2)N(CC#N)C(=O)CNC(=O)OC(C)(C)C)c(C)c1. The van der Waals surface area contributed by atoms with Crippen molar-refractivity contribution in [3.8, 4) is 6.07 Å². The molecule has 8 nitrogen and oxygen atoms in total. The van der Waals surface area contributed by atoms with E-state index in [1.165, 1.54) is 4.90 Å². The van der Waals surface area contributed by atoms with Crippen molar-refractivity contribution in [3.05, 3.63) is 77.4 Å². The number of hydrogen-bond donors (Lipinski definition) is 2. The first kappa shape index (κ1) is 27.2. The Morgan fingerprint density at radius 1 is 1.00 bits per heavy atom. The molecule has 0 radical (unpaired) electrons. The predicted molar refractivity (Wildman–Crippen MR) is 143 cm³/mol. The summed E-state index contributed by atoms with van der Waals surface area (Å²) < 4.78 is 5.20. The smallest absolute Gasteiger partial charge is 0.408 e. The Kier molecular flexibility index (Phi) is 8.51. The van der Waals surface area contributed by atoms with Crippen LogP contribution >= 0.6 is 0 Å². The minimum atomic E-state index is -1.10. The fourth-order valence-corrected chi connectivity index (χ4v) is 4.02. The molecule has 2 N–H and O–H groups in total. The number of anilines is 1. The summed E-state index contributed by atoms with van der Waals surface area (Å²) in [6.45, 7) is 8.15. The van der Waals surface area contributed by atoms with E-state index in [-0.39, 0.29) is 6.54 Å². The molecule has 3 aromatic carbocycles. The van der Waals surface area contributed by atoms with Crippen molar-refractivity contribution in [1.82, 2.24) is 10.2 Å². The average Bonchev–Trinajstić information content (AvgIpc) is 2.82. The zero-order chi connectivity index (χ0) is 27.2. The van der Waals surface area contributed by atoms with Gasteiger partial charge in [0, 0.05) is 5.69 Å². The molecule has 0 aliphatic rings. The van der Waals surface area contributed by atoms with Gasteiger partial charge in [-0.15, -0.1) is 0 Å². The predicted octanol–water partition coefficient (Wildman–Crippen LogP) is 5.01. The van der Waals surface area contributed by atoms with Crippen molar-refractivity contribution in [2.45, 2.75) is 46.3 Å². The number of ether oxygens (including phenoxy) is 1. The van der Waals surface area contributed by atoms with Crippen molar-refractivity contribution in [1.29, 1.82) is 5.26 Å². The molecule has 0 saturated heterocycles. The molecule has 3 rings (SSSR count). The van der Waals surface area contributed by atoms with Crippen LogP contribution in [0.1, 0.15) is 43.5 Å². The largest absolute Gasteiger partial charge is 0.444 e. The Hall–Kier alpha value is -4.38. The highest BCUT2D eigenvalue weighted by molar-refractivity contribution is 6.00. The number of carbonyl (C=O) groups excluding carboxylic acids is 3. The molecule has 1 unspecified atom stereocenters. The van der Waals surface area contributed by atoms with Crippen molar-refractivity contribution < 1.29 is 19.1 Å². The number of amides is 3. The molecule has 3 amide bonds. The van der Waals surface area contributed by atoms with Crippen LogP contribution in [-0.4, -0.2) is 41.5 Å². The van der Waals surface area contributed by atoms with Crippen molar-refractivity contribution in [2.24, 2.45) is 0 Å². The highest BCUT2D eigenvalue weighted by Gasteiger charge is 2.33. The number of nitrogens with zero attached hydrogens (tertiary/aromatic N) is 2. The van der Waals surface area contributed by atoms with Crippen molar-refractivity contribution in [3.63, 3.8) is 0 Å². The van der Waals surface area contributed by atoms with Gasteiger partial charge in [-0.25, -0.2) is 4.79 Å². The zero-order valence-corrected chi connectivity index (χ0v) is 21.8. The Bertz CT molecular complexity index is 1350. The summed E-state index contributed by atoms with van der Waals surface area (Å²) in [6.07, 6.45) is -0.763. The lowest BCUT2D eigenvalue weighted by Gasteiger charge is -2.31. The highest BCUT2D eigenvalue weighted by atomic mass is 16.6. The van der Waals surface area contributed by atoms with E-state index in [1.807, 2.05) is 68.4 Å². The normalized spacial score (nSPS) is 11.8. The van der Waals surface area contributed by atoms with Crippen LogP contribution in [0.3, 0.4) is 0 Å². The van der Waals surface area contributed by atoms with E-state index >= 15 is 0 Å². The molecule has 0 aliphatic carbocycles. The highest BCUT2D eigenvalue weighted by Crippen LogP contribution is 2.28. The average molecular weight is 501 g/mol. The summed E-state index contributed by atoms with van der Waals surface area (Å²) in [4.78, 5) is 40.2. The van der Waals surface area contributed by atoms with Gasteiger partial charge < -0.3 is 20.3 Å². The lowest BCUT2D eigenvalue weighted by atomic mass is 9.97. The van der Waals surface area contributed by atoms with E-state index in [0.717, 1.165) is 21.9 Å². The van der Waals surface area contributed by atoms with Gasteiger partial charge >= 0.3 is 6.09 Å². The molecule has 192 valence electrons. The van der Waals surface area contributed by atoms with E-state index in [4.69, 9.17) is 4.74 Å². The third-order valence-electron chi connectivity index (χ3n) is 5.64. The Morgan fingerprint density at radius 2 is 1.70 bits per heavy atom. The first-order valence-electron chi connectivity index (χ1n) is 12.0. The first-order valence-corrected chi connectivity index (χ1v) is 12.0. The molecule has 0 bridgehead atoms. The number of rotatable bonds is 7. The number of aryl methyl sites for hydroxylation is 2. The molecule has 3 aromatic rings. The lowest BCUT2D eigenvalue weighted by Crippen LogP contribution is -2.46. The van der Waals surface area contributed by atoms with Crippen LogP contribution < -0.4 is 10.6 Å². The molecule has 0 heterocycles. The number of fused-ring (bicyclic) bond motifs is 1. The third-order valence-corrected chi connectivity index (χ3v) is 5.64. The fraction of sp³-hybridized carbons (Fsp3) is 0.310. The van der Waals surface area contributed by atoms with Crippen molar-refractivity contribution in [2.75, 3.05) is 18.4 Å². The second-order valence-corrected chi connectivity index (χ2v) is 9.85. The van der Waals surface area contributed by atoms with Gasteiger partial charge in [-0.3, -0.25) is 9.59 Å². The summed E-state index contributed by atoms with van der Waals surface area (Å²) in [5.74, 6) is -1.06. The topological polar surface area (TPSA) is 112 Å². The van der Waals surface area contributed by atoms with E-state index in [1.54, 1.807) is 32.9 Å². The van der Waals surface area contributed by atoms with Crippen LogP contribution in [0.25, 0.3) is 10.8 Å². The number of hydrogen-bond acceptors (Lipinski definition) is 5. The number of alkyl carbamates (subject to hydrolysis) is 1. The van der Waals surface area contributed by atoms with Gasteiger partial charge in [-0.05, 0) is 68.7 Å². The van der Waals surface area contributed by atoms with Crippen LogP contribution in [0.15, 0.2) is 60.7 Å². The molecular formula is C29H32N4O4. The lowest BCUT2D eigenvalue weighted by molar-refractivity contribution is -0.137. The van der Waals surface area contributed by atoms with E-state index in [9.17, 15) is 19.6 Å². The molecule has 0 saturated carbocycles. The number of nitriles is 1. The van der Waals surface area contributed by atoms with Crippen LogP contribution in [-0.2, 0) is 14.3 Å². The summed E-state index contributed by atoms with van der Waals surface area (Å²) in [5, 5.41) is 16.8. The second-order valence-electron chi connectivity index (χ2n) is 9.85. The maximum Gasteiger partial charge on any atom is 0.408 e. The molecule has 0 spiro atoms. The van der Waals surface area contributed by atoms with Gasteiger partial charge in [0.15, 0.2) is 0 Å². The molecule has 8 heteroatoms. The minimum absolute atomic E-state index is 0.349. The maximum atomic E-state index is 13.7. The summed E-state index contributed by atoms with van der Waals surface area (Å²) in [5.41, 5.74) is 2.22. The Balaban J connectivity index is 1.93. The van der Waals surface area contributed by atoms with E-state index < -0.39 is 36.1 Å². The monoisotopic (exact) mass is 500 g/mol. The summed E-state index contributed by atoms with van der Waals surface area (Å²) in [6, 6.07) is 19.8. The first-order chi connectivity index (χ1) is 17.5. The molecule has 0 aliphatic heterocycles. The summed E-state index contributed by atoms with van der Waals surface area (Å²) in [7, 11) is 0. The zero-order valence-electron chi connectivity index (χ0n) is 21.8. The van der Waals surface area contributed by atoms with Crippen LogP contribution in [0.4, 0.5) is 10.5 Å². The molecule has 0 aromatic heterocycles. The van der Waals surface area contributed by atoms with Gasteiger partial charge in [-0.2, -0.15) is 5.26 Å². The van der Waals surface area contributed by atoms with Crippen LogP contribution in [0.5, 0.6) is 0 Å². The Labute approximate surface area is 217 Å².